The number of esters is 1. The standard InChI is InChI=1S/C13H17NO3/c1-9-7-11(14-8-13(15)16-2)10-5-3-4-6-12(10)17-9/h3-6,9,11,14H,7-8H2,1-2H3/t9-,11-/m0/s1. The van der Waals surface area contributed by atoms with E-state index < -0.39 is 0 Å². The minimum atomic E-state index is -0.248. The number of carbonyl (C=O) groups excluding carboxylic acids is 1. The van der Waals surface area contributed by atoms with E-state index in [0.717, 1.165) is 17.7 Å². The third-order valence-corrected chi connectivity index (χ3v) is 2.91. The molecule has 4 nitrogen and oxygen atoms in total. The zero-order valence-electron chi connectivity index (χ0n) is 10.1. The van der Waals surface area contributed by atoms with Gasteiger partial charge in [0.15, 0.2) is 0 Å². The quantitative estimate of drug-likeness (QED) is 0.809. The molecule has 0 saturated heterocycles. The van der Waals surface area contributed by atoms with E-state index in [9.17, 15) is 4.79 Å². The van der Waals surface area contributed by atoms with E-state index in [4.69, 9.17) is 4.74 Å². The second kappa shape index (κ2) is 5.19. The molecule has 0 saturated carbocycles. The van der Waals surface area contributed by atoms with Crippen LogP contribution in [0.1, 0.15) is 24.9 Å². The van der Waals surface area contributed by atoms with Crippen LogP contribution in [0.2, 0.25) is 0 Å². The van der Waals surface area contributed by atoms with E-state index in [2.05, 4.69) is 10.1 Å². The van der Waals surface area contributed by atoms with Crippen molar-refractivity contribution in [3.8, 4) is 5.75 Å². The first kappa shape index (κ1) is 11.9. The van der Waals surface area contributed by atoms with E-state index in [0.29, 0.717) is 0 Å². The maximum Gasteiger partial charge on any atom is 0.319 e. The smallest absolute Gasteiger partial charge is 0.319 e. The monoisotopic (exact) mass is 235 g/mol. The second-order valence-corrected chi connectivity index (χ2v) is 4.21. The summed E-state index contributed by atoms with van der Waals surface area (Å²) in [5.74, 6) is 0.648. The fourth-order valence-corrected chi connectivity index (χ4v) is 2.07. The number of carbonyl (C=O) groups is 1. The van der Waals surface area contributed by atoms with Gasteiger partial charge in [0.1, 0.15) is 5.75 Å². The van der Waals surface area contributed by atoms with Crippen LogP contribution in [0.4, 0.5) is 0 Å². The Hall–Kier alpha value is -1.55. The van der Waals surface area contributed by atoms with Crippen molar-refractivity contribution in [3.63, 3.8) is 0 Å². The third kappa shape index (κ3) is 2.77. The average Bonchev–Trinajstić information content (AvgIpc) is 2.35. The average molecular weight is 235 g/mol. The Balaban J connectivity index is 2.10. The first-order chi connectivity index (χ1) is 8.20. The molecule has 0 spiro atoms. The molecule has 1 aliphatic heterocycles. The highest BCUT2D eigenvalue weighted by atomic mass is 16.5. The van der Waals surface area contributed by atoms with E-state index in [1.807, 2.05) is 31.2 Å². The number of hydrogen-bond donors (Lipinski definition) is 1. The number of ether oxygens (including phenoxy) is 2. The van der Waals surface area contributed by atoms with Crippen LogP contribution in [0, 0.1) is 0 Å². The number of para-hydroxylation sites is 1. The molecule has 0 aromatic heterocycles. The lowest BCUT2D eigenvalue weighted by molar-refractivity contribution is -0.139. The second-order valence-electron chi connectivity index (χ2n) is 4.21. The maximum atomic E-state index is 11.1. The summed E-state index contributed by atoms with van der Waals surface area (Å²) < 4.78 is 10.4. The molecule has 1 aromatic rings. The molecule has 0 fully saturated rings. The minimum absolute atomic E-state index is 0.147. The van der Waals surface area contributed by atoms with Crippen LogP contribution in [-0.2, 0) is 9.53 Å². The Bertz CT molecular complexity index is 405. The molecule has 1 heterocycles. The lowest BCUT2D eigenvalue weighted by atomic mass is 9.97. The van der Waals surface area contributed by atoms with Gasteiger partial charge in [-0.3, -0.25) is 10.1 Å². The molecule has 0 radical (unpaired) electrons. The molecular formula is C13H17NO3. The normalized spacial score (nSPS) is 22.5. The van der Waals surface area contributed by atoms with Gasteiger partial charge in [0, 0.05) is 18.0 Å². The van der Waals surface area contributed by atoms with Crippen LogP contribution in [0.3, 0.4) is 0 Å². The van der Waals surface area contributed by atoms with Crippen molar-refractivity contribution in [1.29, 1.82) is 0 Å². The lowest BCUT2D eigenvalue weighted by Gasteiger charge is -2.30. The Labute approximate surface area is 101 Å². The van der Waals surface area contributed by atoms with Crippen LogP contribution >= 0.6 is 0 Å². The fourth-order valence-electron chi connectivity index (χ4n) is 2.07. The summed E-state index contributed by atoms with van der Waals surface area (Å²) in [7, 11) is 1.39. The van der Waals surface area contributed by atoms with Crippen molar-refractivity contribution in [2.45, 2.75) is 25.5 Å². The van der Waals surface area contributed by atoms with Crippen LogP contribution in [0.25, 0.3) is 0 Å². The van der Waals surface area contributed by atoms with Crippen LogP contribution in [-0.4, -0.2) is 25.7 Å². The first-order valence-corrected chi connectivity index (χ1v) is 5.76. The van der Waals surface area contributed by atoms with Crippen molar-refractivity contribution in [1.82, 2.24) is 5.32 Å². The summed E-state index contributed by atoms with van der Waals surface area (Å²) in [6.45, 7) is 2.25. The molecule has 0 unspecified atom stereocenters. The van der Waals surface area contributed by atoms with Crippen LogP contribution < -0.4 is 10.1 Å². The molecular weight excluding hydrogens is 218 g/mol. The van der Waals surface area contributed by atoms with Crippen LogP contribution in [0.15, 0.2) is 24.3 Å². The molecule has 17 heavy (non-hydrogen) atoms. The summed E-state index contributed by atoms with van der Waals surface area (Å²) in [6, 6.07) is 8.06. The van der Waals surface area contributed by atoms with Gasteiger partial charge in [-0.25, -0.2) is 0 Å². The van der Waals surface area contributed by atoms with Crippen molar-refractivity contribution < 1.29 is 14.3 Å². The van der Waals surface area contributed by atoms with Gasteiger partial charge in [-0.2, -0.15) is 0 Å². The number of hydrogen-bond acceptors (Lipinski definition) is 4. The number of nitrogens with one attached hydrogen (secondary N) is 1. The maximum absolute atomic E-state index is 11.1. The number of fused-ring (bicyclic) bond motifs is 1. The van der Waals surface area contributed by atoms with Gasteiger partial charge in [0.2, 0.25) is 0 Å². The molecule has 4 heteroatoms. The van der Waals surface area contributed by atoms with E-state index in [1.165, 1.54) is 7.11 Å². The molecule has 1 aromatic carbocycles. The molecule has 2 atom stereocenters. The molecule has 2 rings (SSSR count). The summed E-state index contributed by atoms with van der Waals surface area (Å²) >= 11 is 0. The highest BCUT2D eigenvalue weighted by Gasteiger charge is 2.25. The minimum Gasteiger partial charge on any atom is -0.490 e. The van der Waals surface area contributed by atoms with Gasteiger partial charge >= 0.3 is 5.97 Å². The summed E-state index contributed by atoms with van der Waals surface area (Å²) in [6.07, 6.45) is 1.01. The molecule has 1 N–H and O–H groups in total. The summed E-state index contributed by atoms with van der Waals surface area (Å²) in [5, 5.41) is 3.20. The van der Waals surface area contributed by atoms with Gasteiger partial charge in [0.05, 0.1) is 19.8 Å². The molecule has 0 amide bonds. The zero-order chi connectivity index (χ0) is 12.3. The highest BCUT2D eigenvalue weighted by Crippen LogP contribution is 2.34. The summed E-state index contributed by atoms with van der Waals surface area (Å²) in [5.41, 5.74) is 1.11. The molecule has 0 aliphatic carbocycles. The third-order valence-electron chi connectivity index (χ3n) is 2.91. The SMILES string of the molecule is COC(=O)CN[C@H]1C[C@H](C)Oc2ccccc21. The van der Waals surface area contributed by atoms with Crippen molar-refractivity contribution in [2.24, 2.45) is 0 Å². The van der Waals surface area contributed by atoms with Gasteiger partial charge in [0.25, 0.3) is 0 Å². The predicted octanol–water partition coefficient (Wildman–Crippen LogP) is 1.66. The largest absolute Gasteiger partial charge is 0.490 e. The molecule has 92 valence electrons. The summed E-state index contributed by atoms with van der Waals surface area (Å²) in [4.78, 5) is 11.1. The highest BCUT2D eigenvalue weighted by molar-refractivity contribution is 5.71. The predicted molar refractivity (Wildman–Crippen MR) is 63.9 cm³/mol. The van der Waals surface area contributed by atoms with Crippen molar-refractivity contribution in [3.05, 3.63) is 29.8 Å². The van der Waals surface area contributed by atoms with Crippen molar-refractivity contribution in [2.75, 3.05) is 13.7 Å². The number of methoxy groups -OCH3 is 1. The molecule has 0 bridgehead atoms. The number of benzene rings is 1. The topological polar surface area (TPSA) is 47.6 Å². The fraction of sp³-hybridized carbons (Fsp3) is 0.462. The lowest BCUT2D eigenvalue weighted by Crippen LogP contribution is -2.34. The molecule has 1 aliphatic rings. The Morgan fingerprint density at radius 2 is 2.29 bits per heavy atom. The van der Waals surface area contributed by atoms with Crippen LogP contribution in [0.5, 0.6) is 5.75 Å². The van der Waals surface area contributed by atoms with Gasteiger partial charge in [-0.15, -0.1) is 0 Å². The Morgan fingerprint density at radius 3 is 3.06 bits per heavy atom. The zero-order valence-corrected chi connectivity index (χ0v) is 10.1. The van der Waals surface area contributed by atoms with Gasteiger partial charge in [-0.05, 0) is 13.0 Å². The van der Waals surface area contributed by atoms with Crippen molar-refractivity contribution >= 4 is 5.97 Å². The van der Waals surface area contributed by atoms with E-state index >= 15 is 0 Å². The Morgan fingerprint density at radius 1 is 1.53 bits per heavy atom. The van der Waals surface area contributed by atoms with E-state index in [1.54, 1.807) is 0 Å². The van der Waals surface area contributed by atoms with Gasteiger partial charge in [-0.1, -0.05) is 18.2 Å². The Kier molecular flexibility index (Phi) is 3.64. The first-order valence-electron chi connectivity index (χ1n) is 5.76. The number of rotatable bonds is 3. The van der Waals surface area contributed by atoms with E-state index in [-0.39, 0.29) is 24.7 Å². The van der Waals surface area contributed by atoms with Gasteiger partial charge < -0.3 is 9.47 Å².